The third-order valence-electron chi connectivity index (χ3n) is 2.55. The van der Waals surface area contributed by atoms with E-state index in [0.717, 1.165) is 0 Å². The van der Waals surface area contributed by atoms with Gasteiger partial charge in [-0.2, -0.15) is 0 Å². The summed E-state index contributed by atoms with van der Waals surface area (Å²) >= 11 is 0. The molecule has 2 unspecified atom stereocenters. The molecule has 1 rings (SSSR count). The van der Waals surface area contributed by atoms with Gasteiger partial charge in [0.1, 0.15) is 23.8 Å². The summed E-state index contributed by atoms with van der Waals surface area (Å²) in [4.78, 5) is 21.2. The predicted octanol–water partition coefficient (Wildman–Crippen LogP) is 0.193. The minimum absolute atomic E-state index is 0.407. The summed E-state index contributed by atoms with van der Waals surface area (Å²) < 4.78 is 27.2. The highest BCUT2D eigenvalue weighted by Crippen LogP contribution is 2.25. The van der Waals surface area contributed by atoms with Gasteiger partial charge in [0, 0.05) is 13.5 Å². The lowest BCUT2D eigenvalue weighted by molar-refractivity contribution is -0.119. The van der Waals surface area contributed by atoms with Crippen molar-refractivity contribution in [1.29, 1.82) is 0 Å². The van der Waals surface area contributed by atoms with Crippen LogP contribution in [0.3, 0.4) is 0 Å². The van der Waals surface area contributed by atoms with Crippen molar-refractivity contribution in [2.75, 3.05) is 6.54 Å². The maximum Gasteiger partial charge on any atom is 0.335 e. The molecule has 110 valence electrons. The summed E-state index contributed by atoms with van der Waals surface area (Å²) in [5.41, 5.74) is -1.47. The Balaban J connectivity index is 3.01. The Hall–Kier alpha value is -2.06. The summed E-state index contributed by atoms with van der Waals surface area (Å²) in [6.07, 6.45) is -3.58. The fourth-order valence-corrected chi connectivity index (χ4v) is 1.54. The van der Waals surface area contributed by atoms with Crippen LogP contribution in [-0.4, -0.2) is 39.8 Å². The van der Waals surface area contributed by atoms with E-state index in [9.17, 15) is 28.6 Å². The minimum Gasteiger partial charge on any atom is -0.478 e. The number of hydrogen-bond acceptors (Lipinski definition) is 4. The smallest absolute Gasteiger partial charge is 0.335 e. The zero-order chi connectivity index (χ0) is 15.4. The first kappa shape index (κ1) is 16.0. The SMILES string of the molecule is CC(=O)NCC(O)C(O)c1c(F)cc(C(=O)O)cc1F. The topological polar surface area (TPSA) is 107 Å². The number of amides is 1. The number of aromatic carboxylic acids is 1. The molecule has 0 aromatic heterocycles. The molecule has 1 aromatic carbocycles. The maximum atomic E-state index is 13.6. The zero-order valence-electron chi connectivity index (χ0n) is 10.4. The van der Waals surface area contributed by atoms with Gasteiger partial charge < -0.3 is 20.6 Å². The summed E-state index contributed by atoms with van der Waals surface area (Å²) in [6.45, 7) is 0.762. The average molecular weight is 289 g/mol. The number of rotatable bonds is 5. The first-order chi connectivity index (χ1) is 9.23. The standard InChI is InChI=1S/C12H13F2NO5/c1-5(16)15-4-9(17)11(18)10-7(13)2-6(12(19)20)3-8(10)14/h2-3,9,11,17-18H,4H2,1H3,(H,15,16)(H,19,20). The summed E-state index contributed by atoms with van der Waals surface area (Å²) in [6, 6.07) is 1.07. The molecule has 0 spiro atoms. The molecule has 0 bridgehead atoms. The molecule has 0 heterocycles. The minimum atomic E-state index is -1.94. The van der Waals surface area contributed by atoms with Crippen LogP contribution in [0.25, 0.3) is 0 Å². The molecule has 20 heavy (non-hydrogen) atoms. The first-order valence-electron chi connectivity index (χ1n) is 5.56. The molecular weight excluding hydrogens is 276 g/mol. The number of carboxylic acid groups (broad SMARTS) is 1. The van der Waals surface area contributed by atoms with Crippen LogP contribution < -0.4 is 5.32 Å². The highest BCUT2D eigenvalue weighted by atomic mass is 19.1. The van der Waals surface area contributed by atoms with E-state index in [2.05, 4.69) is 5.32 Å². The van der Waals surface area contributed by atoms with Gasteiger partial charge in [-0.3, -0.25) is 4.79 Å². The molecule has 0 aliphatic heterocycles. The van der Waals surface area contributed by atoms with Crippen molar-refractivity contribution in [1.82, 2.24) is 5.32 Å². The van der Waals surface area contributed by atoms with Gasteiger partial charge >= 0.3 is 5.97 Å². The summed E-state index contributed by atoms with van der Waals surface area (Å²) in [5.74, 6) is -4.60. The quantitative estimate of drug-likeness (QED) is 0.619. The van der Waals surface area contributed by atoms with E-state index in [4.69, 9.17) is 5.11 Å². The molecule has 0 saturated carbocycles. The highest BCUT2D eigenvalue weighted by molar-refractivity contribution is 5.87. The fraction of sp³-hybridized carbons (Fsp3) is 0.333. The normalized spacial score (nSPS) is 13.7. The van der Waals surface area contributed by atoms with Crippen molar-refractivity contribution in [3.8, 4) is 0 Å². The first-order valence-corrected chi connectivity index (χ1v) is 5.56. The third kappa shape index (κ3) is 3.72. The second-order valence-electron chi connectivity index (χ2n) is 4.11. The molecule has 4 N–H and O–H groups in total. The van der Waals surface area contributed by atoms with Crippen molar-refractivity contribution >= 4 is 11.9 Å². The van der Waals surface area contributed by atoms with Crippen LogP contribution in [0.2, 0.25) is 0 Å². The number of benzene rings is 1. The van der Waals surface area contributed by atoms with Crippen molar-refractivity contribution in [3.63, 3.8) is 0 Å². The number of carboxylic acids is 1. The highest BCUT2D eigenvalue weighted by Gasteiger charge is 2.26. The molecule has 0 saturated heterocycles. The molecule has 1 aromatic rings. The lowest BCUT2D eigenvalue weighted by Crippen LogP contribution is -2.34. The van der Waals surface area contributed by atoms with Gasteiger partial charge in [-0.1, -0.05) is 0 Å². The molecule has 0 radical (unpaired) electrons. The number of halogens is 2. The summed E-state index contributed by atoms with van der Waals surface area (Å²) in [5, 5.41) is 30.0. The van der Waals surface area contributed by atoms with Crippen LogP contribution in [0.5, 0.6) is 0 Å². The van der Waals surface area contributed by atoms with Gasteiger partial charge in [0.2, 0.25) is 5.91 Å². The van der Waals surface area contributed by atoms with E-state index in [0.29, 0.717) is 12.1 Å². The Morgan fingerprint density at radius 3 is 2.15 bits per heavy atom. The zero-order valence-corrected chi connectivity index (χ0v) is 10.4. The van der Waals surface area contributed by atoms with Crippen molar-refractivity contribution in [3.05, 3.63) is 34.9 Å². The van der Waals surface area contributed by atoms with Gasteiger partial charge in [0.25, 0.3) is 0 Å². The molecule has 2 atom stereocenters. The Labute approximate surface area is 112 Å². The van der Waals surface area contributed by atoms with Crippen molar-refractivity contribution < 1.29 is 33.7 Å². The number of aliphatic hydroxyl groups is 2. The number of nitrogens with one attached hydrogen (secondary N) is 1. The average Bonchev–Trinajstić information content (AvgIpc) is 2.34. The van der Waals surface area contributed by atoms with E-state index in [-0.39, 0.29) is 0 Å². The van der Waals surface area contributed by atoms with Crippen LogP contribution in [-0.2, 0) is 4.79 Å². The Morgan fingerprint density at radius 2 is 1.75 bits per heavy atom. The second-order valence-corrected chi connectivity index (χ2v) is 4.11. The van der Waals surface area contributed by atoms with E-state index < -0.39 is 53.4 Å². The van der Waals surface area contributed by atoms with E-state index in [1.807, 2.05) is 0 Å². The molecule has 0 fully saturated rings. The van der Waals surface area contributed by atoms with E-state index >= 15 is 0 Å². The van der Waals surface area contributed by atoms with Crippen LogP contribution in [0.4, 0.5) is 8.78 Å². The third-order valence-corrected chi connectivity index (χ3v) is 2.55. The Morgan fingerprint density at radius 1 is 1.25 bits per heavy atom. The monoisotopic (exact) mass is 289 g/mol. The Kier molecular flexibility index (Phi) is 5.12. The predicted molar refractivity (Wildman–Crippen MR) is 63.0 cm³/mol. The number of carbonyl (C=O) groups is 2. The molecule has 0 aliphatic carbocycles. The second kappa shape index (κ2) is 6.40. The largest absolute Gasteiger partial charge is 0.478 e. The maximum absolute atomic E-state index is 13.6. The lowest BCUT2D eigenvalue weighted by atomic mass is 10.0. The van der Waals surface area contributed by atoms with Gasteiger partial charge in [-0.05, 0) is 12.1 Å². The van der Waals surface area contributed by atoms with Crippen LogP contribution >= 0.6 is 0 Å². The van der Waals surface area contributed by atoms with Crippen molar-refractivity contribution in [2.45, 2.75) is 19.1 Å². The van der Waals surface area contributed by atoms with Crippen molar-refractivity contribution in [2.24, 2.45) is 0 Å². The van der Waals surface area contributed by atoms with Gasteiger partial charge in [-0.15, -0.1) is 0 Å². The molecule has 1 amide bonds. The van der Waals surface area contributed by atoms with Gasteiger partial charge in [0.15, 0.2) is 0 Å². The van der Waals surface area contributed by atoms with Gasteiger partial charge in [-0.25, -0.2) is 13.6 Å². The van der Waals surface area contributed by atoms with E-state index in [1.54, 1.807) is 0 Å². The lowest BCUT2D eigenvalue weighted by Gasteiger charge is -2.19. The number of carbonyl (C=O) groups excluding carboxylic acids is 1. The van der Waals surface area contributed by atoms with Crippen LogP contribution in [0.1, 0.15) is 28.9 Å². The number of hydrogen-bond donors (Lipinski definition) is 4. The molecule has 0 aliphatic rings. The van der Waals surface area contributed by atoms with Gasteiger partial charge in [0.05, 0.1) is 11.1 Å². The fourth-order valence-electron chi connectivity index (χ4n) is 1.54. The number of aliphatic hydroxyl groups excluding tert-OH is 2. The molecule has 6 nitrogen and oxygen atoms in total. The molecule has 8 heteroatoms. The van der Waals surface area contributed by atoms with Crippen LogP contribution in [0, 0.1) is 11.6 Å². The summed E-state index contributed by atoms with van der Waals surface area (Å²) in [7, 11) is 0. The molecular formula is C12H13F2NO5. The van der Waals surface area contributed by atoms with Crippen LogP contribution in [0.15, 0.2) is 12.1 Å². The van der Waals surface area contributed by atoms with E-state index in [1.165, 1.54) is 6.92 Å². The Bertz CT molecular complexity index is 512.